The molecule has 1 atom stereocenters. The van der Waals surface area contributed by atoms with Crippen molar-refractivity contribution in [2.45, 2.75) is 6.10 Å². The van der Waals surface area contributed by atoms with Crippen LogP contribution in [0.3, 0.4) is 0 Å². The highest BCUT2D eigenvalue weighted by Gasteiger charge is 2.22. The van der Waals surface area contributed by atoms with E-state index in [2.05, 4.69) is 5.32 Å². The Hall–Kier alpha value is -2.27. The Bertz CT molecular complexity index is 708. The van der Waals surface area contributed by atoms with Gasteiger partial charge in [0.1, 0.15) is 18.5 Å². The van der Waals surface area contributed by atoms with Crippen LogP contribution in [0.4, 0.5) is 4.39 Å². The number of halogens is 2. The Morgan fingerprint density at radius 1 is 1.27 bits per heavy atom. The van der Waals surface area contributed by atoms with Gasteiger partial charge in [0.15, 0.2) is 11.5 Å². The van der Waals surface area contributed by atoms with E-state index >= 15 is 0 Å². The first kappa shape index (κ1) is 14.7. The van der Waals surface area contributed by atoms with Crippen molar-refractivity contribution in [2.24, 2.45) is 0 Å². The maximum atomic E-state index is 13.6. The molecule has 22 heavy (non-hydrogen) atoms. The van der Waals surface area contributed by atoms with Crippen molar-refractivity contribution >= 4 is 17.5 Å². The summed E-state index contributed by atoms with van der Waals surface area (Å²) < 4.78 is 24.9. The fraction of sp³-hybridized carbons (Fsp3) is 0.188. The lowest BCUT2D eigenvalue weighted by atomic mass is 10.2. The summed E-state index contributed by atoms with van der Waals surface area (Å²) in [6, 6.07) is 11.1. The van der Waals surface area contributed by atoms with Crippen molar-refractivity contribution in [1.29, 1.82) is 0 Å². The molecule has 0 radical (unpaired) electrons. The monoisotopic (exact) mass is 321 g/mol. The number of benzene rings is 2. The molecular weight excluding hydrogens is 309 g/mol. The third-order valence-corrected chi connectivity index (χ3v) is 3.47. The quantitative estimate of drug-likeness (QED) is 0.945. The first-order chi connectivity index (χ1) is 10.6. The Morgan fingerprint density at radius 2 is 2.05 bits per heavy atom. The molecule has 3 rings (SSSR count). The normalized spacial score (nSPS) is 16.2. The van der Waals surface area contributed by atoms with Gasteiger partial charge < -0.3 is 14.8 Å². The van der Waals surface area contributed by atoms with Crippen LogP contribution in [0.5, 0.6) is 11.5 Å². The van der Waals surface area contributed by atoms with Gasteiger partial charge in [-0.25, -0.2) is 4.39 Å². The predicted octanol–water partition coefficient (Wildman–Crippen LogP) is 3.05. The summed E-state index contributed by atoms with van der Waals surface area (Å²) >= 11 is 5.77. The third-order valence-electron chi connectivity index (χ3n) is 3.23. The number of carbonyl (C=O) groups excluding carboxylic acids is 1. The number of ether oxygens (including phenoxy) is 2. The van der Waals surface area contributed by atoms with E-state index in [1.54, 1.807) is 6.07 Å². The molecule has 0 spiro atoms. The van der Waals surface area contributed by atoms with Crippen LogP contribution < -0.4 is 14.8 Å². The fourth-order valence-electron chi connectivity index (χ4n) is 2.14. The Kier molecular flexibility index (Phi) is 4.15. The van der Waals surface area contributed by atoms with Crippen molar-refractivity contribution in [3.05, 3.63) is 58.9 Å². The molecule has 4 nitrogen and oxygen atoms in total. The molecule has 114 valence electrons. The number of carbonyl (C=O) groups is 1. The predicted molar refractivity (Wildman–Crippen MR) is 80.1 cm³/mol. The minimum Gasteiger partial charge on any atom is -0.486 e. The molecule has 2 aromatic carbocycles. The number of hydrogen-bond donors (Lipinski definition) is 1. The van der Waals surface area contributed by atoms with Gasteiger partial charge in [0, 0.05) is 5.02 Å². The van der Waals surface area contributed by atoms with Crippen LogP contribution in [0.1, 0.15) is 10.4 Å². The van der Waals surface area contributed by atoms with Gasteiger partial charge in [-0.15, -0.1) is 0 Å². The van der Waals surface area contributed by atoms with Crippen molar-refractivity contribution in [2.75, 3.05) is 13.2 Å². The zero-order valence-electron chi connectivity index (χ0n) is 11.5. The zero-order chi connectivity index (χ0) is 15.5. The summed E-state index contributed by atoms with van der Waals surface area (Å²) in [6.07, 6.45) is -0.332. The summed E-state index contributed by atoms with van der Waals surface area (Å²) in [5, 5.41) is 2.93. The van der Waals surface area contributed by atoms with Crippen LogP contribution in [-0.2, 0) is 0 Å². The fourth-order valence-corrected chi connectivity index (χ4v) is 2.31. The highest BCUT2D eigenvalue weighted by atomic mass is 35.5. The van der Waals surface area contributed by atoms with E-state index in [1.165, 1.54) is 12.1 Å². The first-order valence-electron chi connectivity index (χ1n) is 6.75. The van der Waals surface area contributed by atoms with Gasteiger partial charge in [-0.1, -0.05) is 23.7 Å². The first-order valence-corrected chi connectivity index (χ1v) is 7.13. The van der Waals surface area contributed by atoms with Gasteiger partial charge in [-0.3, -0.25) is 4.79 Å². The largest absolute Gasteiger partial charge is 0.486 e. The molecule has 0 saturated carbocycles. The summed E-state index contributed by atoms with van der Waals surface area (Å²) in [7, 11) is 0. The number of rotatable bonds is 3. The minimum absolute atomic E-state index is 0.0929. The van der Waals surface area contributed by atoms with E-state index in [0.717, 1.165) is 6.07 Å². The molecule has 2 aromatic rings. The molecular formula is C16H13ClFNO3. The molecule has 1 aliphatic rings. The Labute approximate surface area is 131 Å². The minimum atomic E-state index is -0.618. The van der Waals surface area contributed by atoms with Crippen molar-refractivity contribution in [3.8, 4) is 11.5 Å². The van der Waals surface area contributed by atoms with E-state index in [-0.39, 0.29) is 18.2 Å². The molecule has 1 N–H and O–H groups in total. The Morgan fingerprint density at radius 3 is 2.86 bits per heavy atom. The Balaban J connectivity index is 1.61. The smallest absolute Gasteiger partial charge is 0.254 e. The second-order valence-electron chi connectivity index (χ2n) is 4.83. The van der Waals surface area contributed by atoms with Crippen molar-refractivity contribution < 1.29 is 18.7 Å². The summed E-state index contributed by atoms with van der Waals surface area (Å²) in [5.41, 5.74) is -0.0929. The molecule has 0 saturated heterocycles. The van der Waals surface area contributed by atoms with Crippen LogP contribution in [-0.4, -0.2) is 25.2 Å². The van der Waals surface area contributed by atoms with E-state index in [1.807, 2.05) is 18.2 Å². The molecule has 1 aliphatic heterocycles. The number of amides is 1. The third kappa shape index (κ3) is 3.14. The van der Waals surface area contributed by atoms with Gasteiger partial charge in [-0.2, -0.15) is 0 Å². The molecule has 0 aromatic heterocycles. The lowest BCUT2D eigenvalue weighted by Gasteiger charge is -2.26. The number of hydrogen-bond acceptors (Lipinski definition) is 3. The molecule has 1 unspecified atom stereocenters. The van der Waals surface area contributed by atoms with Gasteiger partial charge in [0.05, 0.1) is 12.1 Å². The SMILES string of the molecule is O=C(NCC1COc2ccccc2O1)c1cc(Cl)ccc1F. The molecule has 0 bridgehead atoms. The van der Waals surface area contributed by atoms with Crippen molar-refractivity contribution in [1.82, 2.24) is 5.32 Å². The average Bonchev–Trinajstić information content (AvgIpc) is 2.54. The number of para-hydroxylation sites is 2. The van der Waals surface area contributed by atoms with Crippen molar-refractivity contribution in [3.63, 3.8) is 0 Å². The number of fused-ring (bicyclic) bond motifs is 1. The molecule has 0 aliphatic carbocycles. The standard InChI is InChI=1S/C16H13ClFNO3/c17-10-5-6-13(18)12(7-10)16(20)19-8-11-9-21-14-3-1-2-4-15(14)22-11/h1-7,11H,8-9H2,(H,19,20). The van der Waals surface area contributed by atoms with E-state index in [9.17, 15) is 9.18 Å². The van der Waals surface area contributed by atoms with E-state index in [0.29, 0.717) is 23.1 Å². The van der Waals surface area contributed by atoms with Crippen LogP contribution in [0, 0.1) is 5.82 Å². The summed E-state index contributed by atoms with van der Waals surface area (Å²) in [5.74, 6) is 0.142. The van der Waals surface area contributed by atoms with E-state index < -0.39 is 11.7 Å². The topological polar surface area (TPSA) is 47.6 Å². The number of nitrogens with one attached hydrogen (secondary N) is 1. The van der Waals surface area contributed by atoms with Gasteiger partial charge in [0.25, 0.3) is 5.91 Å². The zero-order valence-corrected chi connectivity index (χ0v) is 12.3. The van der Waals surface area contributed by atoms with Crippen LogP contribution >= 0.6 is 11.6 Å². The molecule has 1 heterocycles. The lowest BCUT2D eigenvalue weighted by Crippen LogP contribution is -2.40. The second-order valence-corrected chi connectivity index (χ2v) is 5.27. The maximum absolute atomic E-state index is 13.6. The van der Waals surface area contributed by atoms with E-state index in [4.69, 9.17) is 21.1 Å². The van der Waals surface area contributed by atoms with Gasteiger partial charge in [-0.05, 0) is 30.3 Å². The highest BCUT2D eigenvalue weighted by Crippen LogP contribution is 2.30. The van der Waals surface area contributed by atoms with Crippen LogP contribution in [0.15, 0.2) is 42.5 Å². The summed E-state index contributed by atoms with van der Waals surface area (Å²) in [4.78, 5) is 12.0. The van der Waals surface area contributed by atoms with Gasteiger partial charge >= 0.3 is 0 Å². The maximum Gasteiger partial charge on any atom is 0.254 e. The molecule has 1 amide bonds. The average molecular weight is 322 g/mol. The van der Waals surface area contributed by atoms with Gasteiger partial charge in [0.2, 0.25) is 0 Å². The lowest BCUT2D eigenvalue weighted by molar-refractivity contribution is 0.0787. The highest BCUT2D eigenvalue weighted by molar-refractivity contribution is 6.31. The van der Waals surface area contributed by atoms with Crippen LogP contribution in [0.25, 0.3) is 0 Å². The summed E-state index contributed by atoms with van der Waals surface area (Å²) in [6.45, 7) is 0.522. The molecule has 6 heteroatoms. The molecule has 0 fully saturated rings. The second kappa shape index (κ2) is 6.23. The van der Waals surface area contributed by atoms with Crippen LogP contribution in [0.2, 0.25) is 5.02 Å².